The fourth-order valence-electron chi connectivity index (χ4n) is 3.85. The molecular weight excluding hydrogens is 400 g/mol. The Bertz CT molecular complexity index is 1110. The normalized spacial score (nSPS) is 12.1. The van der Waals surface area contributed by atoms with Crippen LogP contribution < -0.4 is 4.90 Å². The van der Waals surface area contributed by atoms with Gasteiger partial charge in [-0.15, -0.1) is 0 Å². The van der Waals surface area contributed by atoms with Crippen LogP contribution in [-0.4, -0.2) is 10.9 Å². The second kappa shape index (κ2) is 8.70. The minimum absolute atomic E-state index is 0.0205. The van der Waals surface area contributed by atoms with Crippen molar-refractivity contribution in [1.82, 2.24) is 4.90 Å². The lowest BCUT2D eigenvalue weighted by Crippen LogP contribution is -2.41. The van der Waals surface area contributed by atoms with Crippen LogP contribution in [0.2, 0.25) is 0 Å². The fraction of sp³-hybridized carbons (Fsp3) is 0.0741. The number of fused-ring (bicyclic) bond motifs is 2. The number of benzene rings is 4. The molecule has 4 aromatic carbocycles. The minimum Gasteiger partial charge on any atom is -0.315 e. The van der Waals surface area contributed by atoms with Gasteiger partial charge in [-0.1, -0.05) is 96.7 Å². The molecule has 4 heteroatoms. The molecule has 0 saturated heterocycles. The summed E-state index contributed by atoms with van der Waals surface area (Å²) in [6.07, 6.45) is 0. The van der Waals surface area contributed by atoms with Crippen LogP contribution in [-0.2, 0) is 13.1 Å². The fourth-order valence-corrected chi connectivity index (χ4v) is 4.91. The van der Waals surface area contributed by atoms with Crippen molar-refractivity contribution in [2.24, 2.45) is 0 Å². The number of nitrogens with zero attached hydrogens (tertiary/aromatic N) is 2. The predicted molar refractivity (Wildman–Crippen MR) is 127 cm³/mol. The van der Waals surface area contributed by atoms with E-state index in [1.54, 1.807) is 11.8 Å². The van der Waals surface area contributed by atoms with Crippen molar-refractivity contribution in [3.8, 4) is 0 Å². The summed E-state index contributed by atoms with van der Waals surface area (Å²) in [4.78, 5) is 20.1. The Morgan fingerprint density at radius 2 is 1.03 bits per heavy atom. The first-order chi connectivity index (χ1) is 15.3. The number of amides is 2. The van der Waals surface area contributed by atoms with Crippen LogP contribution in [0.15, 0.2) is 119 Å². The van der Waals surface area contributed by atoms with Gasteiger partial charge in [-0.2, -0.15) is 0 Å². The maximum absolute atomic E-state index is 14.1. The van der Waals surface area contributed by atoms with Crippen LogP contribution in [0.4, 0.5) is 16.2 Å². The van der Waals surface area contributed by atoms with Crippen LogP contribution in [0.25, 0.3) is 0 Å². The van der Waals surface area contributed by atoms with Gasteiger partial charge in [0.2, 0.25) is 0 Å². The van der Waals surface area contributed by atoms with E-state index in [-0.39, 0.29) is 6.03 Å². The summed E-state index contributed by atoms with van der Waals surface area (Å²) in [7, 11) is 0. The number of carbonyl (C=O) groups is 1. The van der Waals surface area contributed by atoms with Crippen LogP contribution in [0.5, 0.6) is 0 Å². The van der Waals surface area contributed by atoms with E-state index in [2.05, 4.69) is 36.4 Å². The average Bonchev–Trinajstić information content (AvgIpc) is 2.83. The molecule has 2 amide bonds. The zero-order valence-electron chi connectivity index (χ0n) is 17.0. The van der Waals surface area contributed by atoms with Gasteiger partial charge >= 0.3 is 6.03 Å². The standard InChI is InChI=1S/C27H22N2OS/c30-27(28(19-21-11-3-1-4-12-21)20-22-13-5-2-6-14-22)29-23-15-7-9-17-25(23)31-26-18-10-8-16-24(26)29/h1-18H,19-20H2. The zero-order chi connectivity index (χ0) is 21.0. The number of hydrogen-bond donors (Lipinski definition) is 0. The van der Waals surface area contributed by atoms with Gasteiger partial charge in [0.1, 0.15) is 0 Å². The first-order valence-corrected chi connectivity index (χ1v) is 11.1. The molecular formula is C27H22N2OS. The highest BCUT2D eigenvalue weighted by atomic mass is 32.2. The summed E-state index contributed by atoms with van der Waals surface area (Å²) in [6.45, 7) is 1.09. The molecule has 0 fully saturated rings. The highest BCUT2D eigenvalue weighted by Gasteiger charge is 2.31. The van der Waals surface area contributed by atoms with E-state index in [0.717, 1.165) is 32.3 Å². The van der Waals surface area contributed by atoms with Gasteiger partial charge in [-0.25, -0.2) is 4.79 Å². The first-order valence-electron chi connectivity index (χ1n) is 10.3. The molecule has 0 bridgehead atoms. The third kappa shape index (κ3) is 4.07. The maximum atomic E-state index is 14.1. The molecule has 0 spiro atoms. The molecule has 0 N–H and O–H groups in total. The second-order valence-electron chi connectivity index (χ2n) is 7.48. The second-order valence-corrected chi connectivity index (χ2v) is 8.57. The topological polar surface area (TPSA) is 23.6 Å². The molecule has 1 heterocycles. The van der Waals surface area contributed by atoms with Crippen molar-refractivity contribution < 1.29 is 4.79 Å². The Morgan fingerprint density at radius 3 is 1.52 bits per heavy atom. The monoisotopic (exact) mass is 422 g/mol. The Balaban J connectivity index is 1.56. The number of urea groups is 1. The quantitative estimate of drug-likeness (QED) is 0.350. The van der Waals surface area contributed by atoms with Crippen LogP contribution >= 0.6 is 11.8 Å². The number of hydrogen-bond acceptors (Lipinski definition) is 2. The SMILES string of the molecule is O=C(N(Cc1ccccc1)Cc1ccccc1)N1c2ccccc2Sc2ccccc21. The summed E-state index contributed by atoms with van der Waals surface area (Å²) >= 11 is 1.71. The van der Waals surface area contributed by atoms with Gasteiger partial charge < -0.3 is 4.90 Å². The number of anilines is 2. The lowest BCUT2D eigenvalue weighted by atomic mass is 10.1. The molecule has 0 radical (unpaired) electrons. The van der Waals surface area contributed by atoms with Gasteiger partial charge in [-0.05, 0) is 35.4 Å². The molecule has 0 aliphatic carbocycles. The minimum atomic E-state index is -0.0205. The maximum Gasteiger partial charge on any atom is 0.329 e. The van der Waals surface area contributed by atoms with Gasteiger partial charge in [0.25, 0.3) is 0 Å². The van der Waals surface area contributed by atoms with Crippen molar-refractivity contribution >= 4 is 29.2 Å². The van der Waals surface area contributed by atoms with E-state index in [9.17, 15) is 4.79 Å². The van der Waals surface area contributed by atoms with Gasteiger partial charge in [0.15, 0.2) is 0 Å². The van der Waals surface area contributed by atoms with E-state index >= 15 is 0 Å². The Morgan fingerprint density at radius 1 is 0.613 bits per heavy atom. The number of rotatable bonds is 4. The van der Waals surface area contributed by atoms with Crippen molar-refractivity contribution in [3.05, 3.63) is 120 Å². The third-order valence-electron chi connectivity index (χ3n) is 5.33. The molecule has 5 rings (SSSR count). The zero-order valence-corrected chi connectivity index (χ0v) is 17.8. The van der Waals surface area contributed by atoms with E-state index < -0.39 is 0 Å². The summed E-state index contributed by atoms with van der Waals surface area (Å²) in [5.74, 6) is 0. The average molecular weight is 423 g/mol. The molecule has 4 aromatic rings. The van der Waals surface area contributed by atoms with Crippen LogP contribution in [0, 0.1) is 0 Å². The van der Waals surface area contributed by atoms with Gasteiger partial charge in [0.05, 0.1) is 11.4 Å². The largest absolute Gasteiger partial charge is 0.329 e. The van der Waals surface area contributed by atoms with Crippen LogP contribution in [0.1, 0.15) is 11.1 Å². The smallest absolute Gasteiger partial charge is 0.315 e. The summed E-state index contributed by atoms with van der Waals surface area (Å²) < 4.78 is 0. The highest BCUT2D eigenvalue weighted by Crippen LogP contribution is 2.48. The third-order valence-corrected chi connectivity index (χ3v) is 6.46. The molecule has 0 aromatic heterocycles. The highest BCUT2D eigenvalue weighted by molar-refractivity contribution is 7.99. The molecule has 31 heavy (non-hydrogen) atoms. The van der Waals surface area contributed by atoms with Crippen molar-refractivity contribution in [3.63, 3.8) is 0 Å². The molecule has 1 aliphatic heterocycles. The van der Waals surface area contributed by atoms with E-state index in [1.165, 1.54) is 0 Å². The number of carbonyl (C=O) groups excluding carboxylic acids is 1. The first kappa shape index (κ1) is 19.5. The Labute approximate surface area is 186 Å². The molecule has 1 aliphatic rings. The lowest BCUT2D eigenvalue weighted by molar-refractivity contribution is 0.201. The van der Waals surface area contributed by atoms with Gasteiger partial charge in [-0.3, -0.25) is 4.90 Å². The molecule has 0 atom stereocenters. The van der Waals surface area contributed by atoms with Crippen molar-refractivity contribution in [2.45, 2.75) is 22.9 Å². The Kier molecular flexibility index (Phi) is 5.46. The predicted octanol–water partition coefficient (Wildman–Crippen LogP) is 7.11. The van der Waals surface area contributed by atoms with E-state index in [4.69, 9.17) is 0 Å². The summed E-state index contributed by atoms with van der Waals surface area (Å²) in [5.41, 5.74) is 4.09. The molecule has 152 valence electrons. The van der Waals surface area contributed by atoms with Crippen molar-refractivity contribution in [1.29, 1.82) is 0 Å². The summed E-state index contributed by atoms with van der Waals surface area (Å²) in [6, 6.07) is 36.6. The van der Waals surface area contributed by atoms with Gasteiger partial charge in [0, 0.05) is 22.9 Å². The van der Waals surface area contributed by atoms with E-state index in [1.807, 2.05) is 82.6 Å². The molecule has 3 nitrogen and oxygen atoms in total. The summed E-state index contributed by atoms with van der Waals surface area (Å²) in [5, 5.41) is 0. The van der Waals surface area contributed by atoms with Crippen LogP contribution in [0.3, 0.4) is 0 Å². The Hall–Kier alpha value is -3.50. The number of para-hydroxylation sites is 2. The molecule has 0 saturated carbocycles. The van der Waals surface area contributed by atoms with E-state index in [0.29, 0.717) is 13.1 Å². The van der Waals surface area contributed by atoms with Crippen molar-refractivity contribution in [2.75, 3.05) is 4.90 Å². The lowest BCUT2D eigenvalue weighted by Gasteiger charge is -2.35. The molecule has 0 unspecified atom stereocenters.